The van der Waals surface area contributed by atoms with E-state index in [0.29, 0.717) is 18.0 Å². The van der Waals surface area contributed by atoms with E-state index in [9.17, 15) is 0 Å². The molecule has 1 aromatic rings. The zero-order chi connectivity index (χ0) is 11.5. The molecule has 0 amide bonds. The number of hydrogen-bond acceptors (Lipinski definition) is 1. The van der Waals surface area contributed by atoms with Crippen LogP contribution in [0.5, 0.6) is 0 Å². The maximum Gasteiger partial charge on any atom is 0.0388 e. The van der Waals surface area contributed by atoms with Crippen molar-refractivity contribution in [3.8, 4) is 0 Å². The third-order valence-corrected chi connectivity index (χ3v) is 3.57. The van der Waals surface area contributed by atoms with Crippen LogP contribution >= 0.6 is 0 Å². The number of rotatable bonds is 2. The molecule has 0 unspecified atom stereocenters. The van der Waals surface area contributed by atoms with Gasteiger partial charge in [0.25, 0.3) is 0 Å². The Morgan fingerprint density at radius 3 is 2.56 bits per heavy atom. The highest BCUT2D eigenvalue weighted by Crippen LogP contribution is 2.35. The van der Waals surface area contributed by atoms with Crippen LogP contribution in [0.2, 0.25) is 0 Å². The predicted octanol–water partition coefficient (Wildman–Crippen LogP) is 3.69. The summed E-state index contributed by atoms with van der Waals surface area (Å²) < 4.78 is 0. The highest BCUT2D eigenvalue weighted by molar-refractivity contribution is 5.23. The lowest BCUT2D eigenvalue weighted by atomic mass is 9.80. The second-order valence-electron chi connectivity index (χ2n) is 4.99. The van der Waals surface area contributed by atoms with Crippen molar-refractivity contribution in [1.29, 1.82) is 0 Å². The molecule has 1 aromatic carbocycles. The summed E-state index contributed by atoms with van der Waals surface area (Å²) in [5, 5.41) is 3.70. The molecule has 0 aliphatic carbocycles. The lowest BCUT2D eigenvalue weighted by Gasteiger charge is -2.37. The summed E-state index contributed by atoms with van der Waals surface area (Å²) in [6, 6.07) is 11.8. The fraction of sp³-hybridized carbons (Fsp3) is 0.467. The van der Waals surface area contributed by atoms with Crippen LogP contribution in [-0.4, -0.2) is 6.04 Å². The number of nitrogens with one attached hydrogen (secondary N) is 1. The van der Waals surface area contributed by atoms with Crippen molar-refractivity contribution >= 4 is 0 Å². The van der Waals surface area contributed by atoms with E-state index in [-0.39, 0.29) is 0 Å². The van der Waals surface area contributed by atoms with E-state index in [1.165, 1.54) is 24.0 Å². The predicted molar refractivity (Wildman–Crippen MR) is 69.3 cm³/mol. The van der Waals surface area contributed by atoms with Gasteiger partial charge in [-0.15, -0.1) is 0 Å². The van der Waals surface area contributed by atoms with Gasteiger partial charge < -0.3 is 5.32 Å². The van der Waals surface area contributed by atoms with Gasteiger partial charge in [0.15, 0.2) is 0 Å². The van der Waals surface area contributed by atoms with E-state index in [0.717, 1.165) is 0 Å². The molecule has 86 valence electrons. The molecule has 1 fully saturated rings. The Kier molecular flexibility index (Phi) is 3.45. The van der Waals surface area contributed by atoms with Crippen molar-refractivity contribution in [2.45, 2.75) is 38.8 Å². The third-order valence-electron chi connectivity index (χ3n) is 3.57. The van der Waals surface area contributed by atoms with Crippen LogP contribution in [0.4, 0.5) is 0 Å². The maximum absolute atomic E-state index is 4.14. The fourth-order valence-electron chi connectivity index (χ4n) is 2.62. The van der Waals surface area contributed by atoms with Gasteiger partial charge in [0.1, 0.15) is 0 Å². The maximum atomic E-state index is 4.14. The second-order valence-corrected chi connectivity index (χ2v) is 4.99. The Morgan fingerprint density at radius 2 is 1.94 bits per heavy atom. The van der Waals surface area contributed by atoms with Gasteiger partial charge in [0.2, 0.25) is 0 Å². The van der Waals surface area contributed by atoms with E-state index < -0.39 is 0 Å². The first-order chi connectivity index (χ1) is 7.68. The molecule has 1 heterocycles. The standard InChI is InChI=1S/C15H21N/c1-11(2)14-10-9-12(3)16-15(14)13-7-5-4-6-8-13/h4-8,12,14-16H,1,9-10H2,2-3H3/t12-,14+,15-/m0/s1. The lowest BCUT2D eigenvalue weighted by molar-refractivity contribution is 0.271. The Balaban J connectivity index is 2.24. The van der Waals surface area contributed by atoms with Gasteiger partial charge in [-0.3, -0.25) is 0 Å². The minimum Gasteiger partial charge on any atom is -0.307 e. The molecule has 0 aromatic heterocycles. The Bertz CT molecular complexity index is 355. The van der Waals surface area contributed by atoms with Crippen molar-refractivity contribution < 1.29 is 0 Å². The van der Waals surface area contributed by atoms with Crippen LogP contribution in [0, 0.1) is 5.92 Å². The van der Waals surface area contributed by atoms with Crippen LogP contribution in [0.25, 0.3) is 0 Å². The summed E-state index contributed by atoms with van der Waals surface area (Å²) in [6.45, 7) is 8.56. The van der Waals surface area contributed by atoms with Gasteiger partial charge in [-0.25, -0.2) is 0 Å². The summed E-state index contributed by atoms with van der Waals surface area (Å²) in [5.74, 6) is 0.582. The van der Waals surface area contributed by atoms with Gasteiger partial charge >= 0.3 is 0 Å². The van der Waals surface area contributed by atoms with E-state index in [1.54, 1.807) is 0 Å². The van der Waals surface area contributed by atoms with Crippen molar-refractivity contribution in [3.05, 3.63) is 48.0 Å². The molecule has 2 rings (SSSR count). The first kappa shape index (κ1) is 11.4. The normalized spacial score (nSPS) is 30.0. The first-order valence-corrected chi connectivity index (χ1v) is 6.15. The Labute approximate surface area is 98.6 Å². The van der Waals surface area contributed by atoms with E-state index in [4.69, 9.17) is 0 Å². The van der Waals surface area contributed by atoms with Gasteiger partial charge in [-0.2, -0.15) is 0 Å². The molecule has 3 atom stereocenters. The van der Waals surface area contributed by atoms with Gasteiger partial charge in [-0.05, 0) is 38.2 Å². The molecule has 0 radical (unpaired) electrons. The fourth-order valence-corrected chi connectivity index (χ4v) is 2.62. The zero-order valence-corrected chi connectivity index (χ0v) is 10.2. The van der Waals surface area contributed by atoms with E-state index in [2.05, 4.69) is 56.1 Å². The second kappa shape index (κ2) is 4.84. The molecule has 1 heteroatoms. The largest absolute Gasteiger partial charge is 0.307 e. The first-order valence-electron chi connectivity index (χ1n) is 6.15. The zero-order valence-electron chi connectivity index (χ0n) is 10.2. The topological polar surface area (TPSA) is 12.0 Å². The molecule has 0 spiro atoms. The molecular weight excluding hydrogens is 194 g/mol. The molecule has 1 nitrogen and oxygen atoms in total. The Morgan fingerprint density at radius 1 is 1.25 bits per heavy atom. The average Bonchev–Trinajstić information content (AvgIpc) is 2.29. The average molecular weight is 215 g/mol. The highest BCUT2D eigenvalue weighted by Gasteiger charge is 2.29. The summed E-state index contributed by atoms with van der Waals surface area (Å²) in [5.41, 5.74) is 2.69. The Hall–Kier alpha value is -1.08. The molecule has 1 aliphatic rings. The minimum atomic E-state index is 0.447. The van der Waals surface area contributed by atoms with Gasteiger partial charge in [0, 0.05) is 12.1 Å². The molecule has 16 heavy (non-hydrogen) atoms. The lowest BCUT2D eigenvalue weighted by Crippen LogP contribution is -2.40. The van der Waals surface area contributed by atoms with Crippen molar-refractivity contribution in [3.63, 3.8) is 0 Å². The number of hydrogen-bond donors (Lipinski definition) is 1. The summed E-state index contributed by atoms with van der Waals surface area (Å²) in [7, 11) is 0. The van der Waals surface area contributed by atoms with Crippen LogP contribution in [0.15, 0.2) is 42.5 Å². The van der Waals surface area contributed by atoms with Crippen LogP contribution in [0.3, 0.4) is 0 Å². The monoisotopic (exact) mass is 215 g/mol. The summed E-state index contributed by atoms with van der Waals surface area (Å²) in [6.07, 6.45) is 2.50. The summed E-state index contributed by atoms with van der Waals surface area (Å²) in [4.78, 5) is 0. The van der Waals surface area contributed by atoms with Crippen LogP contribution in [-0.2, 0) is 0 Å². The van der Waals surface area contributed by atoms with Gasteiger partial charge in [0.05, 0.1) is 0 Å². The molecule has 1 saturated heterocycles. The molecule has 1 N–H and O–H groups in total. The number of piperidine rings is 1. The van der Waals surface area contributed by atoms with Crippen molar-refractivity contribution in [1.82, 2.24) is 5.32 Å². The molecule has 0 bridgehead atoms. The quantitative estimate of drug-likeness (QED) is 0.742. The minimum absolute atomic E-state index is 0.447. The summed E-state index contributed by atoms with van der Waals surface area (Å²) >= 11 is 0. The number of benzene rings is 1. The SMILES string of the molecule is C=C(C)[C@H]1CC[C@H](C)N[C@H]1c1ccccc1. The molecule has 0 saturated carbocycles. The van der Waals surface area contributed by atoms with Crippen molar-refractivity contribution in [2.75, 3.05) is 0 Å². The molecular formula is C15H21N. The van der Waals surface area contributed by atoms with Crippen LogP contribution < -0.4 is 5.32 Å². The van der Waals surface area contributed by atoms with Crippen molar-refractivity contribution in [2.24, 2.45) is 5.92 Å². The third kappa shape index (κ3) is 2.35. The highest BCUT2D eigenvalue weighted by atomic mass is 15.0. The smallest absolute Gasteiger partial charge is 0.0388 e. The van der Waals surface area contributed by atoms with E-state index >= 15 is 0 Å². The van der Waals surface area contributed by atoms with Gasteiger partial charge in [-0.1, -0.05) is 42.5 Å². The van der Waals surface area contributed by atoms with Crippen LogP contribution in [0.1, 0.15) is 38.3 Å². The molecule has 1 aliphatic heterocycles. The van der Waals surface area contributed by atoms with E-state index in [1.807, 2.05) is 0 Å².